The first kappa shape index (κ1) is 22.1. The predicted molar refractivity (Wildman–Crippen MR) is 106 cm³/mol. The smallest absolute Gasteiger partial charge is 0.328 e. The molecule has 1 aromatic heterocycles. The summed E-state index contributed by atoms with van der Waals surface area (Å²) >= 11 is 0. The summed E-state index contributed by atoms with van der Waals surface area (Å²) in [4.78, 5) is 42.7. The fraction of sp³-hybridized carbons (Fsp3) is 0.333. The number of rotatable bonds is 5. The molecule has 1 aliphatic heterocycles. The Morgan fingerprint density at radius 1 is 1.13 bits per heavy atom. The molecule has 31 heavy (non-hydrogen) atoms. The van der Waals surface area contributed by atoms with Crippen molar-refractivity contribution in [2.45, 2.75) is 25.3 Å². The summed E-state index contributed by atoms with van der Waals surface area (Å²) in [7, 11) is 2.53. The lowest BCUT2D eigenvalue weighted by Crippen LogP contribution is -2.48. The van der Waals surface area contributed by atoms with Crippen LogP contribution in [0, 0.1) is 11.6 Å². The van der Waals surface area contributed by atoms with E-state index in [9.17, 15) is 23.2 Å². The molecule has 2 heterocycles. The summed E-state index contributed by atoms with van der Waals surface area (Å²) < 4.78 is 38.6. The van der Waals surface area contributed by atoms with Gasteiger partial charge in [-0.25, -0.2) is 18.6 Å². The molecule has 1 aliphatic rings. The van der Waals surface area contributed by atoms with Crippen LogP contribution in [-0.2, 0) is 9.53 Å². The molecule has 0 bridgehead atoms. The summed E-state index contributed by atoms with van der Waals surface area (Å²) in [6.07, 6.45) is 3.14. The van der Waals surface area contributed by atoms with E-state index in [1.807, 2.05) is 0 Å². The van der Waals surface area contributed by atoms with Crippen LogP contribution in [-0.4, -0.2) is 54.5 Å². The monoisotopic (exact) mass is 433 g/mol. The van der Waals surface area contributed by atoms with Crippen LogP contribution in [0.25, 0.3) is 0 Å². The Morgan fingerprint density at radius 2 is 1.90 bits per heavy atom. The zero-order chi connectivity index (χ0) is 22.5. The molecule has 0 aliphatic carbocycles. The largest absolute Gasteiger partial charge is 0.480 e. The van der Waals surface area contributed by atoms with E-state index in [2.05, 4.69) is 10.3 Å². The summed E-state index contributed by atoms with van der Waals surface area (Å²) in [5.74, 6) is -4.29. The van der Waals surface area contributed by atoms with Crippen molar-refractivity contribution in [1.82, 2.24) is 9.88 Å². The van der Waals surface area contributed by atoms with E-state index >= 15 is 0 Å². The zero-order valence-corrected chi connectivity index (χ0v) is 17.0. The molecule has 1 N–H and O–H groups in total. The number of aromatic nitrogens is 1. The van der Waals surface area contributed by atoms with Gasteiger partial charge in [0, 0.05) is 18.8 Å². The number of ether oxygens (including phenoxy) is 2. The van der Waals surface area contributed by atoms with Gasteiger partial charge in [0.25, 0.3) is 11.8 Å². The van der Waals surface area contributed by atoms with E-state index in [-0.39, 0.29) is 18.0 Å². The summed E-state index contributed by atoms with van der Waals surface area (Å²) in [6, 6.07) is 3.49. The molecule has 164 valence electrons. The Bertz CT molecular complexity index is 1010. The normalized spacial score (nSPS) is 15.9. The zero-order valence-electron chi connectivity index (χ0n) is 17.0. The van der Waals surface area contributed by atoms with Gasteiger partial charge >= 0.3 is 5.97 Å². The van der Waals surface area contributed by atoms with Gasteiger partial charge in [-0.15, -0.1) is 0 Å². The number of halogens is 2. The van der Waals surface area contributed by atoms with Gasteiger partial charge in [-0.3, -0.25) is 9.59 Å². The van der Waals surface area contributed by atoms with Crippen molar-refractivity contribution in [2.75, 3.05) is 26.1 Å². The van der Waals surface area contributed by atoms with Gasteiger partial charge in [-0.2, -0.15) is 0 Å². The van der Waals surface area contributed by atoms with Gasteiger partial charge in [0.2, 0.25) is 5.88 Å². The summed E-state index contributed by atoms with van der Waals surface area (Å²) in [5, 5.41) is 2.31. The van der Waals surface area contributed by atoms with Gasteiger partial charge in [0.05, 0.1) is 25.5 Å². The molecular formula is C21H21F2N3O5. The van der Waals surface area contributed by atoms with Crippen molar-refractivity contribution in [2.24, 2.45) is 0 Å². The Labute approximate surface area is 177 Å². The third kappa shape index (κ3) is 4.62. The third-order valence-corrected chi connectivity index (χ3v) is 4.98. The number of nitrogens with zero attached hydrogens (tertiary/aromatic N) is 2. The van der Waals surface area contributed by atoms with Crippen molar-refractivity contribution in [1.29, 1.82) is 0 Å². The number of esters is 1. The van der Waals surface area contributed by atoms with Gasteiger partial charge < -0.3 is 19.7 Å². The molecule has 1 aromatic carbocycles. The van der Waals surface area contributed by atoms with Gasteiger partial charge in [0.15, 0.2) is 0 Å². The number of hydrogen-bond acceptors (Lipinski definition) is 6. The standard InChI is InChI=1S/C21H21F2N3O5/c1-30-19-12(6-5-8-24-19)18(27)25-16-10-13(14(22)11-15(16)23)20(28)26-9-4-3-7-17(26)21(29)31-2/h5-6,8,10-11,17H,3-4,7,9H2,1-2H3,(H,25,27). The first-order valence-corrected chi connectivity index (χ1v) is 9.55. The second-order valence-electron chi connectivity index (χ2n) is 6.86. The molecular weight excluding hydrogens is 412 g/mol. The van der Waals surface area contributed by atoms with Crippen molar-refractivity contribution < 1.29 is 32.6 Å². The number of piperidine rings is 1. The third-order valence-electron chi connectivity index (χ3n) is 4.98. The Balaban J connectivity index is 1.91. The van der Waals surface area contributed by atoms with E-state index in [1.165, 1.54) is 37.4 Å². The van der Waals surface area contributed by atoms with Crippen molar-refractivity contribution >= 4 is 23.5 Å². The lowest BCUT2D eigenvalue weighted by atomic mass is 10.0. The molecule has 0 saturated carbocycles. The quantitative estimate of drug-likeness (QED) is 0.729. The minimum Gasteiger partial charge on any atom is -0.480 e. The van der Waals surface area contributed by atoms with Crippen molar-refractivity contribution in [3.63, 3.8) is 0 Å². The van der Waals surface area contributed by atoms with Crippen LogP contribution in [0.15, 0.2) is 30.5 Å². The van der Waals surface area contributed by atoms with Crippen LogP contribution in [0.4, 0.5) is 14.5 Å². The lowest BCUT2D eigenvalue weighted by Gasteiger charge is -2.34. The van der Waals surface area contributed by atoms with E-state index < -0.39 is 46.7 Å². The molecule has 1 saturated heterocycles. The summed E-state index contributed by atoms with van der Waals surface area (Å²) in [6.45, 7) is 0.226. The maximum absolute atomic E-state index is 14.5. The molecule has 0 spiro atoms. The van der Waals surface area contributed by atoms with Crippen LogP contribution < -0.4 is 10.1 Å². The van der Waals surface area contributed by atoms with Crippen molar-refractivity contribution in [3.8, 4) is 5.88 Å². The van der Waals surface area contributed by atoms with E-state index in [4.69, 9.17) is 9.47 Å². The minimum atomic E-state index is -1.10. The SMILES string of the molecule is COC(=O)C1CCCCN1C(=O)c1cc(NC(=O)c2cccnc2OC)c(F)cc1F. The number of carbonyl (C=O) groups is 3. The molecule has 3 rings (SSSR count). The first-order chi connectivity index (χ1) is 14.9. The molecule has 10 heteroatoms. The fourth-order valence-corrected chi connectivity index (χ4v) is 3.44. The predicted octanol–water partition coefficient (Wildman–Crippen LogP) is 2.79. The van der Waals surface area contributed by atoms with E-state index in [1.54, 1.807) is 0 Å². The Morgan fingerprint density at radius 3 is 2.61 bits per heavy atom. The highest BCUT2D eigenvalue weighted by Gasteiger charge is 2.34. The molecule has 0 radical (unpaired) electrons. The van der Waals surface area contributed by atoms with Crippen LogP contribution in [0.3, 0.4) is 0 Å². The fourth-order valence-electron chi connectivity index (χ4n) is 3.44. The first-order valence-electron chi connectivity index (χ1n) is 9.55. The number of likely N-dealkylation sites (tertiary alicyclic amines) is 1. The highest BCUT2D eigenvalue weighted by atomic mass is 19.1. The van der Waals surface area contributed by atoms with Crippen molar-refractivity contribution in [3.05, 3.63) is 53.2 Å². The minimum absolute atomic E-state index is 0.0213. The van der Waals surface area contributed by atoms with Crippen LogP contribution >= 0.6 is 0 Å². The molecule has 8 nitrogen and oxygen atoms in total. The molecule has 2 aromatic rings. The van der Waals surface area contributed by atoms with E-state index in [0.717, 1.165) is 6.07 Å². The maximum Gasteiger partial charge on any atom is 0.328 e. The highest BCUT2D eigenvalue weighted by Crippen LogP contribution is 2.26. The molecule has 1 fully saturated rings. The second kappa shape index (κ2) is 9.50. The average Bonchev–Trinajstić information content (AvgIpc) is 2.79. The number of benzene rings is 1. The maximum atomic E-state index is 14.5. The molecule has 1 unspecified atom stereocenters. The van der Waals surface area contributed by atoms with Crippen LogP contribution in [0.5, 0.6) is 5.88 Å². The number of hydrogen-bond donors (Lipinski definition) is 1. The van der Waals surface area contributed by atoms with Crippen LogP contribution in [0.1, 0.15) is 40.0 Å². The molecule has 1 atom stereocenters. The summed E-state index contributed by atoms with van der Waals surface area (Å²) in [5.41, 5.74) is -0.832. The Hall–Kier alpha value is -3.56. The Kier molecular flexibility index (Phi) is 6.78. The number of anilines is 1. The molecule has 2 amide bonds. The van der Waals surface area contributed by atoms with Gasteiger partial charge in [-0.1, -0.05) is 0 Å². The van der Waals surface area contributed by atoms with Crippen LogP contribution in [0.2, 0.25) is 0 Å². The number of nitrogens with one attached hydrogen (secondary N) is 1. The second-order valence-corrected chi connectivity index (χ2v) is 6.86. The highest BCUT2D eigenvalue weighted by molar-refractivity contribution is 6.06. The lowest BCUT2D eigenvalue weighted by molar-refractivity contribution is -0.147. The topological polar surface area (TPSA) is 97.8 Å². The number of amides is 2. The van der Waals surface area contributed by atoms with Gasteiger partial charge in [0.1, 0.15) is 23.2 Å². The number of carbonyl (C=O) groups excluding carboxylic acids is 3. The van der Waals surface area contributed by atoms with Gasteiger partial charge in [-0.05, 0) is 37.5 Å². The number of pyridine rings is 1. The van der Waals surface area contributed by atoms with E-state index in [0.29, 0.717) is 25.3 Å². The number of methoxy groups -OCH3 is 2. The average molecular weight is 433 g/mol.